The lowest BCUT2D eigenvalue weighted by molar-refractivity contribution is -0.129. The Morgan fingerprint density at radius 1 is 1.29 bits per heavy atom. The van der Waals surface area contributed by atoms with Crippen molar-refractivity contribution in [3.05, 3.63) is 22.9 Å². The van der Waals surface area contributed by atoms with Crippen LogP contribution >= 0.6 is 0 Å². The summed E-state index contributed by atoms with van der Waals surface area (Å²) >= 11 is 0. The van der Waals surface area contributed by atoms with Crippen LogP contribution in [-0.4, -0.2) is 42.5 Å². The van der Waals surface area contributed by atoms with Gasteiger partial charge in [0.2, 0.25) is 5.91 Å². The predicted octanol–water partition coefficient (Wildman–Crippen LogP) is 1.06. The van der Waals surface area contributed by atoms with Gasteiger partial charge in [-0.3, -0.25) is 4.79 Å². The molecule has 0 radical (unpaired) electrons. The molecule has 0 saturated carbocycles. The molecular formula is C15H17N5O. The van der Waals surface area contributed by atoms with Gasteiger partial charge in [0.25, 0.3) is 0 Å². The van der Waals surface area contributed by atoms with Crippen LogP contribution in [0.5, 0.6) is 0 Å². The van der Waals surface area contributed by atoms with Crippen molar-refractivity contribution in [2.75, 3.05) is 31.6 Å². The number of carbonyl (C=O) groups is 1. The number of hydrogen-bond acceptors (Lipinski definition) is 5. The SMILES string of the molecule is CCc1c(C#N)cnc(N2CCC(=O)N(C)CC2)c1C#N. The maximum absolute atomic E-state index is 11.7. The molecule has 0 spiro atoms. The van der Waals surface area contributed by atoms with Crippen LogP contribution in [0.1, 0.15) is 30.0 Å². The highest BCUT2D eigenvalue weighted by Gasteiger charge is 2.23. The Hall–Kier alpha value is -2.60. The number of pyridine rings is 1. The minimum Gasteiger partial charge on any atom is -0.353 e. The van der Waals surface area contributed by atoms with E-state index in [4.69, 9.17) is 5.26 Å². The maximum atomic E-state index is 11.7. The highest BCUT2D eigenvalue weighted by Crippen LogP contribution is 2.25. The maximum Gasteiger partial charge on any atom is 0.224 e. The smallest absolute Gasteiger partial charge is 0.224 e. The van der Waals surface area contributed by atoms with E-state index in [1.807, 2.05) is 11.8 Å². The number of carbonyl (C=O) groups excluding carboxylic acids is 1. The summed E-state index contributed by atoms with van der Waals surface area (Å²) in [7, 11) is 1.78. The van der Waals surface area contributed by atoms with Crippen LogP contribution in [-0.2, 0) is 11.2 Å². The van der Waals surface area contributed by atoms with Gasteiger partial charge in [-0.05, 0) is 12.0 Å². The first-order chi connectivity index (χ1) is 10.1. The van der Waals surface area contributed by atoms with E-state index < -0.39 is 0 Å². The van der Waals surface area contributed by atoms with E-state index in [9.17, 15) is 10.1 Å². The van der Waals surface area contributed by atoms with E-state index in [1.165, 1.54) is 6.20 Å². The largest absolute Gasteiger partial charge is 0.353 e. The zero-order chi connectivity index (χ0) is 15.4. The summed E-state index contributed by atoms with van der Waals surface area (Å²) in [6.45, 7) is 3.70. The lowest BCUT2D eigenvalue weighted by atomic mass is 10.0. The number of anilines is 1. The zero-order valence-electron chi connectivity index (χ0n) is 12.3. The molecule has 1 aliphatic rings. The lowest BCUT2D eigenvalue weighted by Gasteiger charge is -2.23. The van der Waals surface area contributed by atoms with Crippen molar-refractivity contribution in [3.63, 3.8) is 0 Å². The molecular weight excluding hydrogens is 266 g/mol. The Morgan fingerprint density at radius 2 is 2.05 bits per heavy atom. The quantitative estimate of drug-likeness (QED) is 0.810. The van der Waals surface area contributed by atoms with Crippen LogP contribution in [0.2, 0.25) is 0 Å². The summed E-state index contributed by atoms with van der Waals surface area (Å²) in [5, 5.41) is 18.6. The second-order valence-electron chi connectivity index (χ2n) is 4.98. The molecule has 1 amide bonds. The second-order valence-corrected chi connectivity index (χ2v) is 4.98. The molecule has 1 aromatic heterocycles. The fourth-order valence-electron chi connectivity index (χ4n) is 2.50. The first-order valence-electron chi connectivity index (χ1n) is 6.93. The first kappa shape index (κ1) is 14.8. The fourth-order valence-corrected chi connectivity index (χ4v) is 2.50. The fraction of sp³-hybridized carbons (Fsp3) is 0.467. The molecule has 2 heterocycles. The van der Waals surface area contributed by atoms with Crippen molar-refractivity contribution in [2.45, 2.75) is 19.8 Å². The zero-order valence-corrected chi connectivity index (χ0v) is 12.3. The number of likely N-dealkylation sites (N-methyl/N-ethyl adjacent to an activating group) is 1. The molecule has 6 heteroatoms. The number of amides is 1. The third kappa shape index (κ3) is 2.80. The van der Waals surface area contributed by atoms with Gasteiger partial charge >= 0.3 is 0 Å². The Morgan fingerprint density at radius 3 is 2.67 bits per heavy atom. The Balaban J connectivity index is 2.43. The van der Waals surface area contributed by atoms with Crippen LogP contribution in [0.3, 0.4) is 0 Å². The third-order valence-corrected chi connectivity index (χ3v) is 3.78. The van der Waals surface area contributed by atoms with Gasteiger partial charge in [0.15, 0.2) is 0 Å². The molecule has 0 N–H and O–H groups in total. The van der Waals surface area contributed by atoms with Crippen molar-refractivity contribution in [1.82, 2.24) is 9.88 Å². The highest BCUT2D eigenvalue weighted by atomic mass is 16.2. The van der Waals surface area contributed by atoms with Crippen molar-refractivity contribution in [3.8, 4) is 12.1 Å². The topological polar surface area (TPSA) is 84.0 Å². The van der Waals surface area contributed by atoms with Gasteiger partial charge in [0.05, 0.1) is 11.1 Å². The van der Waals surface area contributed by atoms with Crippen LogP contribution in [0, 0.1) is 22.7 Å². The van der Waals surface area contributed by atoms with Gasteiger partial charge in [-0.2, -0.15) is 10.5 Å². The van der Waals surface area contributed by atoms with E-state index in [0.717, 1.165) is 5.56 Å². The molecule has 108 valence electrons. The third-order valence-electron chi connectivity index (χ3n) is 3.78. The molecule has 1 saturated heterocycles. The van der Waals surface area contributed by atoms with E-state index in [1.54, 1.807) is 11.9 Å². The van der Waals surface area contributed by atoms with E-state index in [2.05, 4.69) is 17.1 Å². The van der Waals surface area contributed by atoms with Crippen molar-refractivity contribution in [1.29, 1.82) is 10.5 Å². The summed E-state index contributed by atoms with van der Waals surface area (Å²) in [5.74, 6) is 0.678. The first-order valence-corrected chi connectivity index (χ1v) is 6.93. The lowest BCUT2D eigenvalue weighted by Crippen LogP contribution is -2.31. The average Bonchev–Trinajstić information content (AvgIpc) is 2.68. The van der Waals surface area contributed by atoms with Crippen molar-refractivity contribution < 1.29 is 4.79 Å². The molecule has 0 aromatic carbocycles. The molecule has 2 rings (SSSR count). The molecule has 0 bridgehead atoms. The normalized spacial score (nSPS) is 15.3. The van der Waals surface area contributed by atoms with Crippen molar-refractivity contribution >= 4 is 11.7 Å². The number of nitrogens with zero attached hydrogens (tertiary/aromatic N) is 5. The molecule has 1 aliphatic heterocycles. The Labute approximate surface area is 124 Å². The van der Waals surface area contributed by atoms with E-state index >= 15 is 0 Å². The summed E-state index contributed by atoms with van der Waals surface area (Å²) in [6, 6.07) is 4.26. The van der Waals surface area contributed by atoms with E-state index in [-0.39, 0.29) is 5.91 Å². The summed E-state index contributed by atoms with van der Waals surface area (Å²) in [6.07, 6.45) is 2.53. The highest BCUT2D eigenvalue weighted by molar-refractivity contribution is 5.77. The van der Waals surface area contributed by atoms with Crippen LogP contribution < -0.4 is 4.90 Å². The Bertz CT molecular complexity index is 641. The number of rotatable bonds is 2. The number of hydrogen-bond donors (Lipinski definition) is 0. The van der Waals surface area contributed by atoms with Gasteiger partial charge in [0, 0.05) is 39.3 Å². The van der Waals surface area contributed by atoms with E-state index in [0.29, 0.717) is 49.4 Å². The molecule has 21 heavy (non-hydrogen) atoms. The molecule has 0 unspecified atom stereocenters. The predicted molar refractivity (Wildman–Crippen MR) is 77.5 cm³/mol. The van der Waals surface area contributed by atoms with Gasteiger partial charge < -0.3 is 9.80 Å². The standard InChI is InChI=1S/C15H17N5O/c1-3-12-11(8-16)10-18-15(13(12)9-17)20-5-4-14(21)19(2)6-7-20/h10H,3-7H2,1-2H3. The van der Waals surface area contributed by atoms with Crippen LogP contribution in [0.25, 0.3) is 0 Å². The summed E-state index contributed by atoms with van der Waals surface area (Å²) < 4.78 is 0. The van der Waals surface area contributed by atoms with Gasteiger partial charge in [-0.1, -0.05) is 6.92 Å². The second kappa shape index (κ2) is 6.23. The summed E-state index contributed by atoms with van der Waals surface area (Å²) in [4.78, 5) is 19.7. The van der Waals surface area contributed by atoms with Crippen LogP contribution in [0.4, 0.5) is 5.82 Å². The van der Waals surface area contributed by atoms with Gasteiger partial charge in [0.1, 0.15) is 18.0 Å². The van der Waals surface area contributed by atoms with Gasteiger partial charge in [-0.25, -0.2) is 4.98 Å². The monoisotopic (exact) mass is 283 g/mol. The number of aromatic nitrogens is 1. The van der Waals surface area contributed by atoms with Gasteiger partial charge in [-0.15, -0.1) is 0 Å². The molecule has 1 fully saturated rings. The minimum atomic E-state index is 0.0976. The molecule has 6 nitrogen and oxygen atoms in total. The minimum absolute atomic E-state index is 0.0976. The molecule has 1 aromatic rings. The average molecular weight is 283 g/mol. The van der Waals surface area contributed by atoms with Crippen molar-refractivity contribution in [2.24, 2.45) is 0 Å². The van der Waals surface area contributed by atoms with Crippen LogP contribution in [0.15, 0.2) is 6.20 Å². The number of nitriles is 2. The Kier molecular flexibility index (Phi) is 4.39. The molecule has 0 aliphatic carbocycles. The summed E-state index contributed by atoms with van der Waals surface area (Å²) in [5.41, 5.74) is 1.63. The molecule has 0 atom stereocenters.